The number of benzene rings is 1. The SMILES string of the molecule is CC(C)(C)OC(=O)Nc1cc(C(F)(F)F)c(Br)nc1-c1nnc(C(CCCC2OC=CO2)(OCc2ccccc2)C(F)(F)F)o1. The van der Waals surface area contributed by atoms with E-state index in [-0.39, 0.29) is 12.8 Å². The molecule has 3 heterocycles. The molecule has 0 bridgehead atoms. The zero-order chi connectivity index (χ0) is 33.0. The number of carbonyl (C=O) groups is 1. The minimum atomic E-state index is -5.12. The molecule has 4 rings (SSSR count). The number of aromatic nitrogens is 3. The van der Waals surface area contributed by atoms with E-state index < -0.39 is 82.3 Å². The van der Waals surface area contributed by atoms with Crippen molar-refractivity contribution in [2.24, 2.45) is 0 Å². The van der Waals surface area contributed by atoms with E-state index in [1.807, 2.05) is 0 Å². The van der Waals surface area contributed by atoms with Crippen LogP contribution in [0.3, 0.4) is 0 Å². The molecule has 1 aliphatic heterocycles. The molecule has 3 aromatic rings. The van der Waals surface area contributed by atoms with Gasteiger partial charge in [-0.1, -0.05) is 30.3 Å². The van der Waals surface area contributed by atoms with Crippen LogP contribution in [-0.4, -0.2) is 39.3 Å². The van der Waals surface area contributed by atoms with Gasteiger partial charge in [0.2, 0.25) is 11.9 Å². The van der Waals surface area contributed by atoms with Crippen LogP contribution in [0.25, 0.3) is 11.6 Å². The van der Waals surface area contributed by atoms with E-state index in [1.165, 1.54) is 33.3 Å². The van der Waals surface area contributed by atoms with Crippen molar-refractivity contribution in [2.75, 3.05) is 5.32 Å². The highest BCUT2D eigenvalue weighted by Gasteiger charge is 2.61. The quantitative estimate of drug-likeness (QED) is 0.164. The standard InChI is InChI=1S/C28H27BrF6N4O6/c1-25(2,3)45-24(40)36-18-14-17(27(30,31)32)21(29)37-20(18)22-38-39-23(44-22)26(28(33,34)35,11-7-10-19-41-12-13-42-19)43-15-16-8-5-4-6-9-16/h4-6,8-9,12-14,19H,7,10-11,15H2,1-3H3,(H,36,40). The molecule has 1 aromatic carbocycles. The molecule has 0 fully saturated rings. The Bertz CT molecular complexity index is 1500. The summed E-state index contributed by atoms with van der Waals surface area (Å²) in [5.74, 6) is -1.76. The van der Waals surface area contributed by atoms with Gasteiger partial charge in [0.15, 0.2) is 5.69 Å². The number of nitrogens with one attached hydrogen (secondary N) is 1. The maximum absolute atomic E-state index is 15.0. The summed E-state index contributed by atoms with van der Waals surface area (Å²) in [5.41, 5.74) is -6.25. The van der Waals surface area contributed by atoms with Gasteiger partial charge >= 0.3 is 18.4 Å². The second-order valence-corrected chi connectivity index (χ2v) is 11.5. The Morgan fingerprint density at radius 2 is 1.69 bits per heavy atom. The fourth-order valence-electron chi connectivity index (χ4n) is 4.14. The summed E-state index contributed by atoms with van der Waals surface area (Å²) in [4.78, 5) is 16.3. The maximum atomic E-state index is 15.0. The van der Waals surface area contributed by atoms with Crippen LogP contribution in [0.1, 0.15) is 57.1 Å². The Kier molecular flexibility index (Phi) is 10.0. The van der Waals surface area contributed by atoms with Crippen LogP contribution in [0.5, 0.6) is 0 Å². The number of hydrogen-bond acceptors (Lipinski definition) is 9. The predicted molar refractivity (Wildman–Crippen MR) is 148 cm³/mol. The van der Waals surface area contributed by atoms with Crippen molar-refractivity contribution in [3.05, 3.63) is 70.5 Å². The first-order chi connectivity index (χ1) is 21.0. The molecule has 17 heteroatoms. The van der Waals surface area contributed by atoms with Crippen molar-refractivity contribution in [1.29, 1.82) is 0 Å². The number of alkyl halides is 6. The third-order valence-corrected chi connectivity index (χ3v) is 6.77. The number of halogens is 7. The average Bonchev–Trinajstić information content (AvgIpc) is 3.62. The van der Waals surface area contributed by atoms with Crippen molar-refractivity contribution in [3.63, 3.8) is 0 Å². The predicted octanol–water partition coefficient (Wildman–Crippen LogP) is 8.25. The van der Waals surface area contributed by atoms with Gasteiger partial charge < -0.3 is 23.4 Å². The van der Waals surface area contributed by atoms with Crippen LogP contribution in [0, 0.1) is 0 Å². The molecule has 1 N–H and O–H groups in total. The molecule has 1 amide bonds. The van der Waals surface area contributed by atoms with Crippen LogP contribution in [0.15, 0.2) is 57.9 Å². The molecule has 0 saturated carbocycles. The van der Waals surface area contributed by atoms with E-state index in [9.17, 15) is 31.1 Å². The van der Waals surface area contributed by atoms with Gasteiger partial charge in [-0.2, -0.15) is 26.3 Å². The molecule has 1 atom stereocenters. The molecule has 1 aliphatic rings. The van der Waals surface area contributed by atoms with Crippen LogP contribution in [-0.2, 0) is 37.3 Å². The fourth-order valence-corrected chi connectivity index (χ4v) is 4.65. The van der Waals surface area contributed by atoms with Crippen molar-refractivity contribution in [2.45, 2.75) is 76.5 Å². The molecule has 0 aliphatic carbocycles. The van der Waals surface area contributed by atoms with Crippen LogP contribution in [0.4, 0.5) is 36.8 Å². The fraction of sp³-hybridized carbons (Fsp3) is 0.429. The maximum Gasteiger partial charge on any atom is 0.426 e. The van der Waals surface area contributed by atoms with Crippen molar-refractivity contribution >= 4 is 27.7 Å². The summed E-state index contributed by atoms with van der Waals surface area (Å²) in [6.45, 7) is 4.05. The summed E-state index contributed by atoms with van der Waals surface area (Å²) in [5, 5.41) is 9.42. The summed E-state index contributed by atoms with van der Waals surface area (Å²) < 4.78 is 112. The molecule has 0 spiro atoms. The third-order valence-electron chi connectivity index (χ3n) is 6.16. The van der Waals surface area contributed by atoms with Crippen molar-refractivity contribution in [3.8, 4) is 11.6 Å². The average molecular weight is 709 g/mol. The van der Waals surface area contributed by atoms with Gasteiger partial charge in [-0.25, -0.2) is 9.78 Å². The zero-order valence-corrected chi connectivity index (χ0v) is 25.5. The highest BCUT2D eigenvalue weighted by atomic mass is 79.9. The largest absolute Gasteiger partial charge is 0.459 e. The van der Waals surface area contributed by atoms with Gasteiger partial charge in [0.1, 0.15) is 22.7 Å². The van der Waals surface area contributed by atoms with E-state index in [2.05, 4.69) is 36.4 Å². The lowest BCUT2D eigenvalue weighted by Gasteiger charge is -2.32. The molecule has 1 unspecified atom stereocenters. The monoisotopic (exact) mass is 708 g/mol. The minimum Gasteiger partial charge on any atom is -0.459 e. The van der Waals surface area contributed by atoms with Gasteiger partial charge in [-0.15, -0.1) is 10.2 Å². The number of ether oxygens (including phenoxy) is 4. The Morgan fingerprint density at radius 1 is 1.02 bits per heavy atom. The van der Waals surface area contributed by atoms with E-state index in [4.69, 9.17) is 23.4 Å². The molecular formula is C28H27BrF6N4O6. The Balaban J connectivity index is 1.76. The minimum absolute atomic E-state index is 0.0396. The molecule has 2 aromatic heterocycles. The summed E-state index contributed by atoms with van der Waals surface area (Å²) in [6, 6.07) is 8.55. The smallest absolute Gasteiger partial charge is 0.426 e. The lowest BCUT2D eigenvalue weighted by atomic mass is 9.94. The molecule has 10 nitrogen and oxygen atoms in total. The van der Waals surface area contributed by atoms with Crippen LogP contribution < -0.4 is 5.32 Å². The number of hydrogen-bond donors (Lipinski definition) is 1. The molecule has 45 heavy (non-hydrogen) atoms. The first kappa shape index (κ1) is 34.0. The molecule has 0 saturated heterocycles. The van der Waals surface area contributed by atoms with Gasteiger partial charge in [0.25, 0.3) is 11.8 Å². The van der Waals surface area contributed by atoms with E-state index in [0.29, 0.717) is 11.6 Å². The lowest BCUT2D eigenvalue weighted by Crippen LogP contribution is -2.45. The second-order valence-electron chi connectivity index (χ2n) is 10.7. The highest BCUT2D eigenvalue weighted by molar-refractivity contribution is 9.10. The van der Waals surface area contributed by atoms with Crippen molar-refractivity contribution in [1.82, 2.24) is 15.2 Å². The normalized spacial score (nSPS) is 15.3. The molecule has 244 valence electrons. The number of rotatable bonds is 10. The van der Waals surface area contributed by atoms with Gasteiger partial charge in [0, 0.05) is 6.42 Å². The number of pyridine rings is 1. The van der Waals surface area contributed by atoms with Crippen molar-refractivity contribution < 1.29 is 54.5 Å². The number of amides is 1. The summed E-state index contributed by atoms with van der Waals surface area (Å²) >= 11 is 2.73. The van der Waals surface area contributed by atoms with E-state index >= 15 is 0 Å². The van der Waals surface area contributed by atoms with Crippen LogP contribution >= 0.6 is 15.9 Å². The first-order valence-electron chi connectivity index (χ1n) is 13.3. The Morgan fingerprint density at radius 3 is 2.29 bits per heavy atom. The summed E-state index contributed by atoms with van der Waals surface area (Å²) in [6.07, 6.45) is -10.3. The zero-order valence-electron chi connectivity index (χ0n) is 24.0. The molecule has 0 radical (unpaired) electrons. The second kappa shape index (κ2) is 13.2. The summed E-state index contributed by atoms with van der Waals surface area (Å²) in [7, 11) is 0. The number of carbonyl (C=O) groups excluding carboxylic acids is 1. The van der Waals surface area contributed by atoms with E-state index in [0.717, 1.165) is 0 Å². The van der Waals surface area contributed by atoms with E-state index in [1.54, 1.807) is 30.3 Å². The lowest BCUT2D eigenvalue weighted by molar-refractivity contribution is -0.300. The van der Waals surface area contributed by atoms with Gasteiger partial charge in [-0.3, -0.25) is 5.32 Å². The number of nitrogens with zero attached hydrogens (tertiary/aromatic N) is 3. The third kappa shape index (κ3) is 8.45. The molecular weight excluding hydrogens is 682 g/mol. The number of anilines is 1. The van der Waals surface area contributed by atoms with Crippen LogP contribution in [0.2, 0.25) is 0 Å². The highest BCUT2D eigenvalue weighted by Crippen LogP contribution is 2.47. The Hall–Kier alpha value is -3.86. The van der Waals surface area contributed by atoms with Gasteiger partial charge in [0.05, 0.1) is 17.9 Å². The Labute approximate surface area is 261 Å². The topological polar surface area (TPSA) is 118 Å². The van der Waals surface area contributed by atoms with Gasteiger partial charge in [-0.05, 0) is 61.2 Å². The first-order valence-corrected chi connectivity index (χ1v) is 14.1.